The monoisotopic (exact) mass is 369 g/mol. The summed E-state index contributed by atoms with van der Waals surface area (Å²) in [4.78, 5) is 12.5. The highest BCUT2D eigenvalue weighted by atomic mass is 19.1. The smallest absolute Gasteiger partial charge is 0.225 e. The Labute approximate surface area is 156 Å². The molecule has 1 heterocycles. The van der Waals surface area contributed by atoms with Gasteiger partial charge < -0.3 is 5.32 Å². The maximum atomic E-state index is 14.1. The summed E-state index contributed by atoms with van der Waals surface area (Å²) in [5.74, 6) is -0.984. The Balaban J connectivity index is 1.79. The molecule has 1 unspecified atom stereocenters. The van der Waals surface area contributed by atoms with E-state index in [1.807, 2.05) is 0 Å². The summed E-state index contributed by atoms with van der Waals surface area (Å²) in [6.07, 6.45) is 0.0882. The summed E-state index contributed by atoms with van der Waals surface area (Å²) >= 11 is 0. The summed E-state index contributed by atoms with van der Waals surface area (Å²) in [6.45, 7) is 5.32. The van der Waals surface area contributed by atoms with Crippen LogP contribution in [0.5, 0.6) is 0 Å². The number of aromatic nitrogens is 2. The van der Waals surface area contributed by atoms with Crippen LogP contribution in [-0.4, -0.2) is 15.7 Å². The van der Waals surface area contributed by atoms with Crippen LogP contribution < -0.4 is 5.32 Å². The van der Waals surface area contributed by atoms with Gasteiger partial charge in [0.05, 0.1) is 18.2 Å². The van der Waals surface area contributed by atoms with Crippen molar-refractivity contribution >= 4 is 5.91 Å². The first kappa shape index (κ1) is 18.8. The highest BCUT2D eigenvalue weighted by Crippen LogP contribution is 2.21. The van der Waals surface area contributed by atoms with Gasteiger partial charge in [-0.2, -0.15) is 5.10 Å². The number of carbonyl (C=O) groups excluding carboxylic acids is 1. The van der Waals surface area contributed by atoms with Crippen LogP contribution in [0.2, 0.25) is 0 Å². The first-order valence-corrected chi connectivity index (χ1v) is 8.72. The number of rotatable bonds is 5. The Morgan fingerprint density at radius 2 is 1.70 bits per heavy atom. The topological polar surface area (TPSA) is 46.9 Å². The van der Waals surface area contributed by atoms with Gasteiger partial charge in [-0.05, 0) is 39.0 Å². The third-order valence-electron chi connectivity index (χ3n) is 4.61. The summed E-state index contributed by atoms with van der Waals surface area (Å²) in [6, 6.07) is 12.2. The van der Waals surface area contributed by atoms with Crippen molar-refractivity contribution in [1.82, 2.24) is 15.1 Å². The van der Waals surface area contributed by atoms with Crippen LogP contribution >= 0.6 is 0 Å². The first-order chi connectivity index (χ1) is 12.9. The number of benzene rings is 2. The molecule has 1 aromatic heterocycles. The Kier molecular flexibility index (Phi) is 5.35. The SMILES string of the molecule is Cc1nn(-c2ccccc2F)c(C)c1CC(=O)NC(C)c1ccccc1F. The van der Waals surface area contributed by atoms with Gasteiger partial charge in [0, 0.05) is 16.8 Å². The van der Waals surface area contributed by atoms with E-state index < -0.39 is 6.04 Å². The molecule has 0 saturated heterocycles. The number of halogens is 2. The molecule has 0 aliphatic rings. The fourth-order valence-corrected chi connectivity index (χ4v) is 3.15. The van der Waals surface area contributed by atoms with E-state index in [1.165, 1.54) is 16.8 Å². The third-order valence-corrected chi connectivity index (χ3v) is 4.61. The molecule has 6 heteroatoms. The van der Waals surface area contributed by atoms with Crippen molar-refractivity contribution in [3.8, 4) is 5.69 Å². The van der Waals surface area contributed by atoms with E-state index in [0.29, 0.717) is 22.6 Å². The summed E-state index contributed by atoms with van der Waals surface area (Å²) in [7, 11) is 0. The Bertz CT molecular complexity index is 981. The predicted molar refractivity (Wildman–Crippen MR) is 99.7 cm³/mol. The molecular formula is C21H21F2N3O. The number of aryl methyl sites for hydroxylation is 1. The molecule has 0 saturated carbocycles. The molecule has 3 rings (SSSR count). The molecule has 140 valence electrons. The van der Waals surface area contributed by atoms with E-state index in [4.69, 9.17) is 0 Å². The van der Waals surface area contributed by atoms with E-state index in [0.717, 1.165) is 5.56 Å². The molecule has 0 bridgehead atoms. The van der Waals surface area contributed by atoms with Crippen molar-refractivity contribution in [2.75, 3.05) is 0 Å². The zero-order valence-corrected chi connectivity index (χ0v) is 15.5. The molecule has 0 spiro atoms. The number of carbonyl (C=O) groups is 1. The normalized spacial score (nSPS) is 12.0. The van der Waals surface area contributed by atoms with Crippen LogP contribution in [0.25, 0.3) is 5.69 Å². The summed E-state index contributed by atoms with van der Waals surface area (Å²) in [5.41, 5.74) is 2.86. The highest BCUT2D eigenvalue weighted by molar-refractivity contribution is 5.79. The number of amides is 1. The molecule has 1 N–H and O–H groups in total. The first-order valence-electron chi connectivity index (χ1n) is 8.72. The second-order valence-corrected chi connectivity index (χ2v) is 6.50. The van der Waals surface area contributed by atoms with E-state index in [1.54, 1.807) is 57.2 Å². The van der Waals surface area contributed by atoms with Gasteiger partial charge in [0.15, 0.2) is 0 Å². The lowest BCUT2D eigenvalue weighted by Gasteiger charge is -2.15. The number of nitrogens with zero attached hydrogens (tertiary/aromatic N) is 2. The lowest BCUT2D eigenvalue weighted by Crippen LogP contribution is -2.29. The minimum Gasteiger partial charge on any atom is -0.349 e. The molecule has 1 amide bonds. The van der Waals surface area contributed by atoms with Gasteiger partial charge in [0.25, 0.3) is 0 Å². The van der Waals surface area contributed by atoms with Gasteiger partial charge >= 0.3 is 0 Å². The molecule has 27 heavy (non-hydrogen) atoms. The van der Waals surface area contributed by atoms with Gasteiger partial charge in [-0.3, -0.25) is 4.79 Å². The Hall–Kier alpha value is -3.02. The second-order valence-electron chi connectivity index (χ2n) is 6.50. The van der Waals surface area contributed by atoms with Gasteiger partial charge in [0.1, 0.15) is 17.3 Å². The predicted octanol–water partition coefficient (Wildman–Crippen LogP) is 4.19. The third kappa shape index (κ3) is 3.89. The maximum Gasteiger partial charge on any atom is 0.225 e. The molecule has 0 aliphatic carbocycles. The quantitative estimate of drug-likeness (QED) is 0.733. The Morgan fingerprint density at radius 3 is 2.37 bits per heavy atom. The molecule has 2 aromatic carbocycles. The number of nitrogens with one attached hydrogen (secondary N) is 1. The van der Waals surface area contributed by atoms with Crippen molar-refractivity contribution in [3.05, 3.63) is 82.7 Å². The summed E-state index contributed by atoms with van der Waals surface area (Å²) < 4.78 is 29.5. The lowest BCUT2D eigenvalue weighted by atomic mass is 10.1. The van der Waals surface area contributed by atoms with Crippen LogP contribution in [0.15, 0.2) is 48.5 Å². The number of hydrogen-bond acceptors (Lipinski definition) is 2. The van der Waals surface area contributed by atoms with Crippen LogP contribution in [0.1, 0.15) is 35.5 Å². The van der Waals surface area contributed by atoms with E-state index in [-0.39, 0.29) is 24.0 Å². The van der Waals surface area contributed by atoms with E-state index in [2.05, 4.69) is 10.4 Å². The zero-order chi connectivity index (χ0) is 19.6. The van der Waals surface area contributed by atoms with Crippen LogP contribution in [0.3, 0.4) is 0 Å². The Morgan fingerprint density at radius 1 is 1.07 bits per heavy atom. The van der Waals surface area contributed by atoms with E-state index >= 15 is 0 Å². The maximum absolute atomic E-state index is 14.1. The van der Waals surface area contributed by atoms with Crippen molar-refractivity contribution in [2.24, 2.45) is 0 Å². The second kappa shape index (κ2) is 7.70. The molecule has 3 aromatic rings. The standard InChI is InChI=1S/C21H21F2N3O/c1-13(16-8-4-5-9-18(16)22)24-21(27)12-17-14(2)25-26(15(17)3)20-11-7-6-10-19(20)23/h4-11,13H,12H2,1-3H3,(H,24,27). The highest BCUT2D eigenvalue weighted by Gasteiger charge is 2.19. The minimum atomic E-state index is -0.457. The zero-order valence-electron chi connectivity index (χ0n) is 15.5. The van der Waals surface area contributed by atoms with Gasteiger partial charge in [-0.1, -0.05) is 30.3 Å². The van der Waals surface area contributed by atoms with Gasteiger partial charge in [-0.15, -0.1) is 0 Å². The van der Waals surface area contributed by atoms with Crippen molar-refractivity contribution in [3.63, 3.8) is 0 Å². The number of para-hydroxylation sites is 1. The largest absolute Gasteiger partial charge is 0.349 e. The van der Waals surface area contributed by atoms with Crippen molar-refractivity contribution < 1.29 is 13.6 Å². The van der Waals surface area contributed by atoms with Crippen LogP contribution in [-0.2, 0) is 11.2 Å². The average Bonchev–Trinajstić information content (AvgIpc) is 2.90. The van der Waals surface area contributed by atoms with Crippen LogP contribution in [0, 0.1) is 25.5 Å². The fraction of sp³-hybridized carbons (Fsp3) is 0.238. The molecule has 1 atom stereocenters. The molecule has 0 radical (unpaired) electrons. The van der Waals surface area contributed by atoms with Gasteiger partial charge in [-0.25, -0.2) is 13.5 Å². The van der Waals surface area contributed by atoms with E-state index in [9.17, 15) is 13.6 Å². The molecular weight excluding hydrogens is 348 g/mol. The molecule has 0 aliphatic heterocycles. The minimum absolute atomic E-state index is 0.0882. The van der Waals surface area contributed by atoms with Gasteiger partial charge in [0.2, 0.25) is 5.91 Å². The molecule has 4 nitrogen and oxygen atoms in total. The summed E-state index contributed by atoms with van der Waals surface area (Å²) in [5, 5.41) is 7.19. The fourth-order valence-electron chi connectivity index (χ4n) is 3.15. The van der Waals surface area contributed by atoms with Crippen molar-refractivity contribution in [1.29, 1.82) is 0 Å². The average molecular weight is 369 g/mol. The van der Waals surface area contributed by atoms with Crippen LogP contribution in [0.4, 0.5) is 8.78 Å². The lowest BCUT2D eigenvalue weighted by molar-refractivity contribution is -0.121. The van der Waals surface area contributed by atoms with Crippen molar-refractivity contribution in [2.45, 2.75) is 33.2 Å². The number of hydrogen-bond donors (Lipinski definition) is 1. The molecule has 0 fully saturated rings.